The number of hydrogen-bond donors (Lipinski definition) is 2. The number of hydrogen-bond acceptors (Lipinski definition) is 6. The lowest BCUT2D eigenvalue weighted by molar-refractivity contribution is 0.102. The van der Waals surface area contributed by atoms with Gasteiger partial charge < -0.3 is 10.3 Å². The molecule has 3 N–H and O–H groups in total. The molecule has 0 saturated heterocycles. The number of nitrogens with two attached hydrogens (primary N) is 1. The van der Waals surface area contributed by atoms with Crippen molar-refractivity contribution in [2.75, 3.05) is 11.5 Å². The zero-order chi connectivity index (χ0) is 16.3. The maximum absolute atomic E-state index is 12.3. The summed E-state index contributed by atoms with van der Waals surface area (Å²) in [5, 5.41) is 0.658. The number of thioether (sulfide) groups is 1. The summed E-state index contributed by atoms with van der Waals surface area (Å²) < 4.78 is 2.98. The van der Waals surface area contributed by atoms with Crippen molar-refractivity contribution in [3.63, 3.8) is 0 Å². The molecule has 8 nitrogen and oxygen atoms in total. The Morgan fingerprint density at radius 2 is 2.18 bits per heavy atom. The van der Waals surface area contributed by atoms with Crippen LogP contribution >= 0.6 is 11.8 Å². The summed E-state index contributed by atoms with van der Waals surface area (Å²) in [5.41, 5.74) is 4.32. The Kier molecular flexibility index (Phi) is 4.86. The fraction of sp³-hybridized carbons (Fsp3) is 0.385. The molecule has 0 bridgehead atoms. The normalized spacial score (nSPS) is 10.8. The summed E-state index contributed by atoms with van der Waals surface area (Å²) in [7, 11) is 1.81. The van der Waals surface area contributed by atoms with Gasteiger partial charge in [-0.05, 0) is 6.42 Å². The molecule has 0 amide bonds. The zero-order valence-corrected chi connectivity index (χ0v) is 13.1. The average molecular weight is 323 g/mol. The van der Waals surface area contributed by atoms with Gasteiger partial charge in [0.25, 0.3) is 5.56 Å². The fourth-order valence-corrected chi connectivity index (χ4v) is 2.80. The van der Waals surface area contributed by atoms with E-state index in [4.69, 9.17) is 5.73 Å². The number of ketones is 1. The molecule has 2 aromatic rings. The van der Waals surface area contributed by atoms with Gasteiger partial charge in [0.15, 0.2) is 10.9 Å². The van der Waals surface area contributed by atoms with Crippen LogP contribution in [0.3, 0.4) is 0 Å². The van der Waals surface area contributed by atoms with Crippen molar-refractivity contribution in [2.24, 2.45) is 7.05 Å². The van der Waals surface area contributed by atoms with E-state index in [1.165, 1.54) is 16.3 Å². The molecule has 0 aliphatic rings. The highest BCUT2D eigenvalue weighted by molar-refractivity contribution is 7.99. The Labute approximate surface area is 130 Å². The van der Waals surface area contributed by atoms with E-state index in [2.05, 4.69) is 9.97 Å². The van der Waals surface area contributed by atoms with Crippen LogP contribution in [-0.4, -0.2) is 30.6 Å². The molecule has 2 aromatic heterocycles. The van der Waals surface area contributed by atoms with Crippen molar-refractivity contribution in [3.8, 4) is 0 Å². The van der Waals surface area contributed by atoms with Crippen molar-refractivity contribution >= 4 is 23.4 Å². The number of carbonyl (C=O) groups excluding carboxylic acids is 1. The number of anilines is 1. The molecule has 22 heavy (non-hydrogen) atoms. The maximum Gasteiger partial charge on any atom is 0.329 e. The molecule has 0 aromatic carbocycles. The minimum Gasteiger partial charge on any atom is -0.384 e. The number of aromatic amines is 1. The Balaban J connectivity index is 2.29. The quantitative estimate of drug-likeness (QED) is 0.581. The van der Waals surface area contributed by atoms with Crippen LogP contribution in [0.15, 0.2) is 27.1 Å². The lowest BCUT2D eigenvalue weighted by Crippen LogP contribution is -2.36. The summed E-state index contributed by atoms with van der Waals surface area (Å²) in [5.74, 6) is -0.500. The monoisotopic (exact) mass is 323 g/mol. The smallest absolute Gasteiger partial charge is 0.329 e. The Morgan fingerprint density at radius 3 is 2.77 bits per heavy atom. The second-order valence-corrected chi connectivity index (χ2v) is 5.65. The molecule has 0 atom stereocenters. The van der Waals surface area contributed by atoms with Crippen LogP contribution in [-0.2, 0) is 13.6 Å². The van der Waals surface area contributed by atoms with Crippen LogP contribution in [0.25, 0.3) is 0 Å². The first-order valence-corrected chi connectivity index (χ1v) is 7.70. The molecule has 0 aliphatic heterocycles. The molecule has 2 rings (SSSR count). The average Bonchev–Trinajstić information content (AvgIpc) is 2.86. The van der Waals surface area contributed by atoms with Gasteiger partial charge in [0.05, 0.1) is 5.75 Å². The first-order chi connectivity index (χ1) is 10.5. The van der Waals surface area contributed by atoms with Crippen molar-refractivity contribution in [1.82, 2.24) is 19.1 Å². The third-order valence-electron chi connectivity index (χ3n) is 3.08. The highest BCUT2D eigenvalue weighted by Gasteiger charge is 2.19. The third kappa shape index (κ3) is 3.14. The number of nitrogen functional groups attached to an aromatic ring is 1. The van der Waals surface area contributed by atoms with E-state index >= 15 is 0 Å². The maximum atomic E-state index is 12.3. The molecule has 0 spiro atoms. The van der Waals surface area contributed by atoms with Gasteiger partial charge in [-0.1, -0.05) is 18.7 Å². The molecular formula is C13H17N5O3S. The topological polar surface area (TPSA) is 116 Å². The summed E-state index contributed by atoms with van der Waals surface area (Å²) in [6.07, 6.45) is 4.04. The van der Waals surface area contributed by atoms with Crippen molar-refractivity contribution < 1.29 is 4.79 Å². The predicted molar refractivity (Wildman–Crippen MR) is 84.3 cm³/mol. The summed E-state index contributed by atoms with van der Waals surface area (Å²) in [6.45, 7) is 2.21. The van der Waals surface area contributed by atoms with Crippen LogP contribution in [0.5, 0.6) is 0 Å². The molecule has 0 saturated carbocycles. The predicted octanol–water partition coefficient (Wildman–Crippen LogP) is 0.237. The lowest BCUT2D eigenvalue weighted by Gasteiger charge is -2.10. The van der Waals surface area contributed by atoms with Crippen molar-refractivity contribution in [1.29, 1.82) is 0 Å². The first-order valence-electron chi connectivity index (χ1n) is 6.71. The van der Waals surface area contributed by atoms with Gasteiger partial charge in [-0.25, -0.2) is 9.78 Å². The number of imidazole rings is 1. The Morgan fingerprint density at radius 1 is 1.45 bits per heavy atom. The second kappa shape index (κ2) is 6.65. The largest absolute Gasteiger partial charge is 0.384 e. The highest BCUT2D eigenvalue weighted by atomic mass is 32.2. The van der Waals surface area contributed by atoms with E-state index in [0.29, 0.717) is 18.1 Å². The van der Waals surface area contributed by atoms with Crippen LogP contribution < -0.4 is 17.0 Å². The number of aromatic nitrogens is 4. The summed E-state index contributed by atoms with van der Waals surface area (Å²) >= 11 is 1.20. The van der Waals surface area contributed by atoms with E-state index in [1.54, 1.807) is 17.0 Å². The Bertz CT molecular complexity index is 805. The van der Waals surface area contributed by atoms with E-state index in [0.717, 1.165) is 0 Å². The van der Waals surface area contributed by atoms with Crippen molar-refractivity contribution in [3.05, 3.63) is 38.8 Å². The zero-order valence-electron chi connectivity index (χ0n) is 12.3. The van der Waals surface area contributed by atoms with Crippen LogP contribution in [0.1, 0.15) is 23.7 Å². The van der Waals surface area contributed by atoms with Gasteiger partial charge in [0, 0.05) is 26.0 Å². The first kappa shape index (κ1) is 16.1. The minimum absolute atomic E-state index is 0.0163. The molecule has 9 heteroatoms. The fourth-order valence-electron chi connectivity index (χ4n) is 2.00. The number of aryl methyl sites for hydroxylation is 1. The van der Waals surface area contributed by atoms with E-state index in [1.807, 2.05) is 14.0 Å². The summed E-state index contributed by atoms with van der Waals surface area (Å²) in [4.78, 5) is 42.1. The SMILES string of the molecule is CCCn1c(N)c(C(=O)CSc2nccn2C)c(=O)[nH]c1=O. The van der Waals surface area contributed by atoms with Gasteiger partial charge >= 0.3 is 5.69 Å². The number of H-pyrrole nitrogens is 1. The number of rotatable bonds is 6. The van der Waals surface area contributed by atoms with Crippen LogP contribution in [0.2, 0.25) is 0 Å². The van der Waals surface area contributed by atoms with Gasteiger partial charge in [0.1, 0.15) is 11.4 Å². The standard InChI is InChI=1S/C13H17N5O3S/c1-3-5-18-10(14)9(11(20)16-12(18)21)8(19)7-22-13-15-4-6-17(13)2/h4,6H,3,5,7,14H2,1-2H3,(H,16,20,21). The number of nitrogens with one attached hydrogen (secondary N) is 1. The summed E-state index contributed by atoms with van der Waals surface area (Å²) in [6, 6.07) is 0. The van der Waals surface area contributed by atoms with Gasteiger partial charge in [-0.15, -0.1) is 0 Å². The second-order valence-electron chi connectivity index (χ2n) is 4.70. The van der Waals surface area contributed by atoms with Crippen LogP contribution in [0, 0.1) is 0 Å². The molecule has 0 unspecified atom stereocenters. The molecule has 0 fully saturated rings. The van der Waals surface area contributed by atoms with Crippen molar-refractivity contribution in [2.45, 2.75) is 25.0 Å². The number of carbonyl (C=O) groups is 1. The molecule has 0 aliphatic carbocycles. The minimum atomic E-state index is -0.750. The van der Waals surface area contributed by atoms with Crippen LogP contribution in [0.4, 0.5) is 5.82 Å². The highest BCUT2D eigenvalue weighted by Crippen LogP contribution is 2.17. The van der Waals surface area contributed by atoms with Gasteiger partial charge in [-0.2, -0.15) is 0 Å². The van der Waals surface area contributed by atoms with E-state index < -0.39 is 17.0 Å². The third-order valence-corrected chi connectivity index (χ3v) is 4.13. The number of Topliss-reactive ketones (excluding diaryl/α,β-unsaturated/α-hetero) is 1. The number of nitrogens with zero attached hydrogens (tertiary/aromatic N) is 3. The molecule has 0 radical (unpaired) electrons. The van der Waals surface area contributed by atoms with E-state index in [9.17, 15) is 14.4 Å². The van der Waals surface area contributed by atoms with E-state index in [-0.39, 0.29) is 17.1 Å². The van der Waals surface area contributed by atoms with Gasteiger partial charge in [0.2, 0.25) is 0 Å². The Hall–Kier alpha value is -2.29. The molecule has 118 valence electrons. The lowest BCUT2D eigenvalue weighted by atomic mass is 10.2. The molecular weight excluding hydrogens is 306 g/mol. The van der Waals surface area contributed by atoms with Gasteiger partial charge in [-0.3, -0.25) is 19.1 Å². The molecule has 2 heterocycles.